The third kappa shape index (κ3) is 3.83. The number of aromatic nitrogens is 1. The molecule has 0 unspecified atom stereocenters. The predicted octanol–water partition coefficient (Wildman–Crippen LogP) is 3.44. The van der Waals surface area contributed by atoms with Crippen molar-refractivity contribution >= 4 is 5.71 Å². The van der Waals surface area contributed by atoms with Crippen LogP contribution in [0.2, 0.25) is 0 Å². The number of hydrogen-bond acceptors (Lipinski definition) is 2. The van der Waals surface area contributed by atoms with Gasteiger partial charge in [0.2, 0.25) is 0 Å². The highest BCUT2D eigenvalue weighted by Gasteiger charge is 2.11. The van der Waals surface area contributed by atoms with Gasteiger partial charge < -0.3 is 5.21 Å². The number of pyridine rings is 1. The minimum atomic E-state index is 0.583. The molecular weight excluding hydrogens is 284 g/mol. The highest BCUT2D eigenvalue weighted by Crippen LogP contribution is 2.09. The van der Waals surface area contributed by atoms with Crippen LogP contribution < -0.4 is 4.57 Å². The van der Waals surface area contributed by atoms with E-state index in [1.807, 2.05) is 60.9 Å². The molecule has 0 saturated heterocycles. The molecule has 0 aliphatic heterocycles. The van der Waals surface area contributed by atoms with Crippen molar-refractivity contribution in [3.05, 3.63) is 102 Å². The molecular formula is C20H19N2O+. The molecule has 2 aromatic carbocycles. The molecule has 0 fully saturated rings. The van der Waals surface area contributed by atoms with Crippen molar-refractivity contribution < 1.29 is 9.77 Å². The van der Waals surface area contributed by atoms with Gasteiger partial charge in [-0.3, -0.25) is 0 Å². The SMILES string of the molecule is O/N=C(\c1ccccc1)c1ccc[n+](CCc2ccccc2)c1. The number of aryl methyl sites for hydroxylation is 2. The first kappa shape index (κ1) is 15.0. The minimum Gasteiger partial charge on any atom is -0.410 e. The Bertz CT molecular complexity index is 783. The van der Waals surface area contributed by atoms with Crippen LogP contribution in [0, 0.1) is 0 Å². The molecule has 0 atom stereocenters. The lowest BCUT2D eigenvalue weighted by molar-refractivity contribution is -0.696. The Morgan fingerprint density at radius 1 is 0.826 bits per heavy atom. The van der Waals surface area contributed by atoms with Crippen molar-refractivity contribution in [1.82, 2.24) is 0 Å². The first-order valence-electron chi connectivity index (χ1n) is 7.68. The van der Waals surface area contributed by atoms with E-state index in [4.69, 9.17) is 0 Å². The Hall–Kier alpha value is -2.94. The molecule has 3 nitrogen and oxygen atoms in total. The molecule has 0 radical (unpaired) electrons. The molecule has 0 bridgehead atoms. The van der Waals surface area contributed by atoms with Crippen LogP contribution in [0.25, 0.3) is 0 Å². The number of nitrogens with zero attached hydrogens (tertiary/aromatic N) is 2. The van der Waals surface area contributed by atoms with Gasteiger partial charge in [-0.15, -0.1) is 0 Å². The highest BCUT2D eigenvalue weighted by atomic mass is 16.4. The third-order valence-electron chi connectivity index (χ3n) is 3.78. The zero-order valence-corrected chi connectivity index (χ0v) is 12.8. The fourth-order valence-corrected chi connectivity index (χ4v) is 2.58. The Balaban J connectivity index is 1.79. The van der Waals surface area contributed by atoms with Gasteiger partial charge in [-0.2, -0.15) is 0 Å². The van der Waals surface area contributed by atoms with Gasteiger partial charge in [0.05, 0.1) is 5.56 Å². The second-order valence-corrected chi connectivity index (χ2v) is 5.38. The molecule has 0 aliphatic carbocycles. The minimum absolute atomic E-state index is 0.583. The number of benzene rings is 2. The summed E-state index contributed by atoms with van der Waals surface area (Å²) in [7, 11) is 0. The summed E-state index contributed by atoms with van der Waals surface area (Å²) in [5.41, 5.74) is 3.69. The van der Waals surface area contributed by atoms with E-state index in [1.165, 1.54) is 5.56 Å². The molecule has 1 N–H and O–H groups in total. The van der Waals surface area contributed by atoms with E-state index in [-0.39, 0.29) is 0 Å². The van der Waals surface area contributed by atoms with Crippen molar-refractivity contribution in [2.45, 2.75) is 13.0 Å². The van der Waals surface area contributed by atoms with Crippen molar-refractivity contribution in [3.63, 3.8) is 0 Å². The van der Waals surface area contributed by atoms with Crippen molar-refractivity contribution in [2.75, 3.05) is 0 Å². The van der Waals surface area contributed by atoms with E-state index >= 15 is 0 Å². The fourth-order valence-electron chi connectivity index (χ4n) is 2.58. The Kier molecular flexibility index (Phi) is 4.79. The lowest BCUT2D eigenvalue weighted by Crippen LogP contribution is -2.35. The lowest BCUT2D eigenvalue weighted by atomic mass is 10.0. The number of hydrogen-bond donors (Lipinski definition) is 1. The molecule has 0 aliphatic rings. The first-order valence-corrected chi connectivity index (χ1v) is 7.68. The van der Waals surface area contributed by atoms with Crippen LogP contribution in [0.3, 0.4) is 0 Å². The summed E-state index contributed by atoms with van der Waals surface area (Å²) in [5, 5.41) is 12.9. The molecule has 3 rings (SSSR count). The maximum atomic E-state index is 9.41. The summed E-state index contributed by atoms with van der Waals surface area (Å²) in [4.78, 5) is 0. The van der Waals surface area contributed by atoms with Gasteiger partial charge in [-0.25, -0.2) is 4.57 Å². The standard InChI is InChI=1S/C20H18N2O/c23-21-20(18-10-5-2-6-11-18)19-12-7-14-22(16-19)15-13-17-8-3-1-4-9-17/h1-12,14,16H,13,15H2/p+1/b21-20+. The zero-order valence-electron chi connectivity index (χ0n) is 12.8. The summed E-state index contributed by atoms with van der Waals surface area (Å²) in [6, 6.07) is 24.1. The highest BCUT2D eigenvalue weighted by molar-refractivity contribution is 6.12. The molecule has 0 amide bonds. The molecule has 0 saturated carbocycles. The van der Waals surface area contributed by atoms with Crippen molar-refractivity contribution in [1.29, 1.82) is 0 Å². The van der Waals surface area contributed by atoms with Gasteiger partial charge in [-0.05, 0) is 11.6 Å². The molecule has 0 spiro atoms. The Morgan fingerprint density at radius 3 is 2.17 bits per heavy atom. The normalized spacial score (nSPS) is 11.4. The first-order chi connectivity index (χ1) is 11.4. The van der Waals surface area contributed by atoms with E-state index in [2.05, 4.69) is 34.0 Å². The second-order valence-electron chi connectivity index (χ2n) is 5.38. The van der Waals surface area contributed by atoms with Gasteiger partial charge in [0.15, 0.2) is 18.9 Å². The number of oxime groups is 1. The predicted molar refractivity (Wildman–Crippen MR) is 90.7 cm³/mol. The van der Waals surface area contributed by atoms with E-state index in [0.29, 0.717) is 5.71 Å². The summed E-state index contributed by atoms with van der Waals surface area (Å²) in [5.74, 6) is 0. The summed E-state index contributed by atoms with van der Waals surface area (Å²) in [6.07, 6.45) is 5.02. The quantitative estimate of drug-likeness (QED) is 0.333. The van der Waals surface area contributed by atoms with Crippen LogP contribution in [-0.4, -0.2) is 10.9 Å². The molecule has 23 heavy (non-hydrogen) atoms. The van der Waals surface area contributed by atoms with Crippen LogP contribution in [0.5, 0.6) is 0 Å². The smallest absolute Gasteiger partial charge is 0.178 e. The van der Waals surface area contributed by atoms with Gasteiger partial charge in [-0.1, -0.05) is 65.8 Å². The van der Waals surface area contributed by atoms with Crippen LogP contribution in [-0.2, 0) is 13.0 Å². The average molecular weight is 303 g/mol. The fraction of sp³-hybridized carbons (Fsp3) is 0.100. The van der Waals surface area contributed by atoms with Crippen LogP contribution in [0.4, 0.5) is 0 Å². The molecule has 3 heteroatoms. The average Bonchev–Trinajstić information content (AvgIpc) is 2.63. The van der Waals surface area contributed by atoms with Crippen molar-refractivity contribution in [2.24, 2.45) is 5.16 Å². The largest absolute Gasteiger partial charge is 0.410 e. The molecule has 114 valence electrons. The van der Waals surface area contributed by atoms with Crippen molar-refractivity contribution in [3.8, 4) is 0 Å². The topological polar surface area (TPSA) is 36.5 Å². The number of rotatable bonds is 5. The zero-order chi connectivity index (χ0) is 15.9. The van der Waals surface area contributed by atoms with Gasteiger partial charge in [0, 0.05) is 18.1 Å². The molecule has 1 heterocycles. The second kappa shape index (κ2) is 7.36. The monoisotopic (exact) mass is 303 g/mol. The maximum Gasteiger partial charge on any atom is 0.178 e. The van der Waals surface area contributed by atoms with Gasteiger partial charge >= 0.3 is 0 Å². The van der Waals surface area contributed by atoms with E-state index in [9.17, 15) is 5.21 Å². The lowest BCUT2D eigenvalue weighted by Gasteiger charge is -2.04. The summed E-state index contributed by atoms with van der Waals surface area (Å²) < 4.78 is 2.12. The van der Waals surface area contributed by atoms with Crippen LogP contribution >= 0.6 is 0 Å². The summed E-state index contributed by atoms with van der Waals surface area (Å²) in [6.45, 7) is 0.880. The molecule has 3 aromatic rings. The third-order valence-corrected chi connectivity index (χ3v) is 3.78. The molecule has 1 aromatic heterocycles. The van der Waals surface area contributed by atoms with Crippen LogP contribution in [0.1, 0.15) is 16.7 Å². The van der Waals surface area contributed by atoms with E-state index < -0.39 is 0 Å². The van der Waals surface area contributed by atoms with Crippen LogP contribution in [0.15, 0.2) is 90.3 Å². The Morgan fingerprint density at radius 2 is 1.48 bits per heavy atom. The summed E-state index contributed by atoms with van der Waals surface area (Å²) >= 11 is 0. The van der Waals surface area contributed by atoms with Gasteiger partial charge in [0.25, 0.3) is 0 Å². The maximum absolute atomic E-state index is 9.41. The van der Waals surface area contributed by atoms with E-state index in [1.54, 1.807) is 0 Å². The van der Waals surface area contributed by atoms with Gasteiger partial charge in [0.1, 0.15) is 5.71 Å². The Labute approximate surface area is 136 Å². The van der Waals surface area contributed by atoms with E-state index in [0.717, 1.165) is 24.1 Å².